The van der Waals surface area contributed by atoms with Gasteiger partial charge < -0.3 is 25.3 Å². The van der Waals surface area contributed by atoms with Crippen molar-refractivity contribution in [3.05, 3.63) is 35.5 Å². The van der Waals surface area contributed by atoms with Gasteiger partial charge >= 0.3 is 5.97 Å². The molecule has 0 bridgehead atoms. The highest BCUT2D eigenvalue weighted by Gasteiger charge is 2.45. The van der Waals surface area contributed by atoms with Crippen LogP contribution in [0, 0.1) is 0 Å². The highest BCUT2D eigenvalue weighted by atomic mass is 32.2. The van der Waals surface area contributed by atoms with Crippen LogP contribution in [0.3, 0.4) is 0 Å². The summed E-state index contributed by atoms with van der Waals surface area (Å²) in [5.74, 6) is -2.45. The lowest BCUT2D eigenvalue weighted by atomic mass is 10.1. The number of carbonyl (C=O) groups is 3. The number of carboxylic acids is 1. The van der Waals surface area contributed by atoms with Gasteiger partial charge in [0.05, 0.1) is 5.56 Å². The molecule has 1 heterocycles. The van der Waals surface area contributed by atoms with E-state index < -0.39 is 33.7 Å². The molecule has 1 unspecified atom stereocenters. The number of primary amides is 1. The lowest BCUT2D eigenvalue weighted by molar-refractivity contribution is -0.137. The molecule has 0 spiro atoms. The van der Waals surface area contributed by atoms with E-state index in [1.54, 1.807) is 0 Å². The second-order valence-electron chi connectivity index (χ2n) is 5.84. The molecule has 1 aromatic heterocycles. The fourth-order valence-corrected chi connectivity index (χ4v) is 3.25. The zero-order valence-electron chi connectivity index (χ0n) is 12.9. The number of fused-ring (bicyclic) bond motifs is 1. The first kappa shape index (κ1) is 17.1. The van der Waals surface area contributed by atoms with Gasteiger partial charge in [0.1, 0.15) is 11.4 Å². The SMILES string of the molecule is NC(=O)c1cn(CC(=O)O)c2ccc(C(=O)NC3(S(=O)[O-])CC3)cc12. The minimum atomic E-state index is -2.43. The zero-order valence-corrected chi connectivity index (χ0v) is 13.7. The van der Waals surface area contributed by atoms with E-state index in [1.807, 2.05) is 0 Å². The largest absolute Gasteiger partial charge is 0.771 e. The fraction of sp³-hybridized carbons (Fsp3) is 0.267. The average molecular weight is 364 g/mol. The van der Waals surface area contributed by atoms with Crippen molar-refractivity contribution in [2.45, 2.75) is 24.3 Å². The van der Waals surface area contributed by atoms with Crippen LogP contribution >= 0.6 is 0 Å². The van der Waals surface area contributed by atoms with Crippen LogP contribution in [0.1, 0.15) is 33.6 Å². The molecule has 4 N–H and O–H groups in total. The number of carbonyl (C=O) groups excluding carboxylic acids is 2. The van der Waals surface area contributed by atoms with Crippen molar-refractivity contribution in [2.24, 2.45) is 5.73 Å². The Labute approximate surface area is 144 Å². The van der Waals surface area contributed by atoms with Crippen LogP contribution in [0.15, 0.2) is 24.4 Å². The first-order chi connectivity index (χ1) is 11.7. The second-order valence-corrected chi connectivity index (χ2v) is 7.09. The Kier molecular flexibility index (Phi) is 4.09. The van der Waals surface area contributed by atoms with Crippen LogP contribution in [0.4, 0.5) is 0 Å². The Balaban J connectivity index is 2.00. The van der Waals surface area contributed by atoms with Gasteiger partial charge in [0.25, 0.3) is 11.8 Å². The molecule has 9 nitrogen and oxygen atoms in total. The summed E-state index contributed by atoms with van der Waals surface area (Å²) >= 11 is -2.43. The fourth-order valence-electron chi connectivity index (χ4n) is 2.64. The third-order valence-electron chi connectivity index (χ3n) is 4.08. The van der Waals surface area contributed by atoms with Crippen molar-refractivity contribution in [1.29, 1.82) is 0 Å². The van der Waals surface area contributed by atoms with E-state index in [-0.39, 0.29) is 17.7 Å². The third-order valence-corrected chi connectivity index (χ3v) is 5.23. The third kappa shape index (κ3) is 3.13. The number of nitrogens with one attached hydrogen (secondary N) is 1. The van der Waals surface area contributed by atoms with Crippen molar-refractivity contribution in [2.75, 3.05) is 0 Å². The Bertz CT molecular complexity index is 931. The van der Waals surface area contributed by atoms with E-state index in [4.69, 9.17) is 10.8 Å². The predicted octanol–water partition coefficient (Wildman–Crippen LogP) is -0.0762. The molecule has 2 amide bonds. The average Bonchev–Trinajstić information content (AvgIpc) is 3.23. The van der Waals surface area contributed by atoms with Gasteiger partial charge in [0.15, 0.2) is 0 Å². The van der Waals surface area contributed by atoms with Gasteiger partial charge in [0, 0.05) is 22.7 Å². The van der Waals surface area contributed by atoms with Gasteiger partial charge in [-0.25, -0.2) is 0 Å². The summed E-state index contributed by atoms with van der Waals surface area (Å²) in [4.78, 5) is 33.6. The van der Waals surface area contributed by atoms with E-state index >= 15 is 0 Å². The number of benzene rings is 1. The molecule has 2 aromatic rings. The minimum Gasteiger partial charge on any atom is -0.771 e. The molecule has 0 saturated heterocycles. The van der Waals surface area contributed by atoms with Gasteiger partial charge in [-0.15, -0.1) is 0 Å². The highest BCUT2D eigenvalue weighted by Crippen LogP contribution is 2.38. The van der Waals surface area contributed by atoms with Gasteiger partial charge in [-0.05, 0) is 42.1 Å². The summed E-state index contributed by atoms with van der Waals surface area (Å²) in [7, 11) is 0. The number of carboxylic acid groups (broad SMARTS) is 1. The van der Waals surface area contributed by atoms with Gasteiger partial charge in [0.2, 0.25) is 0 Å². The molecule has 1 fully saturated rings. The summed E-state index contributed by atoms with van der Waals surface area (Å²) in [6.07, 6.45) is 2.01. The molecule has 132 valence electrons. The molecule has 1 aliphatic carbocycles. The quantitative estimate of drug-likeness (QED) is 0.609. The maximum Gasteiger partial charge on any atom is 0.323 e. The van der Waals surface area contributed by atoms with E-state index in [2.05, 4.69) is 5.32 Å². The maximum atomic E-state index is 12.3. The molecule has 0 radical (unpaired) electrons. The molecule has 1 aromatic carbocycles. The summed E-state index contributed by atoms with van der Waals surface area (Å²) in [5, 5.41) is 11.7. The predicted molar refractivity (Wildman–Crippen MR) is 86.4 cm³/mol. The Morgan fingerprint density at radius 1 is 1.36 bits per heavy atom. The summed E-state index contributed by atoms with van der Waals surface area (Å²) in [5.41, 5.74) is 5.99. The topological polar surface area (TPSA) is 155 Å². The molecule has 10 heteroatoms. The first-order valence-electron chi connectivity index (χ1n) is 7.30. The summed E-state index contributed by atoms with van der Waals surface area (Å²) in [6, 6.07) is 4.32. The van der Waals surface area contributed by atoms with E-state index in [9.17, 15) is 23.1 Å². The van der Waals surface area contributed by atoms with E-state index in [0.29, 0.717) is 23.7 Å². The van der Waals surface area contributed by atoms with E-state index in [0.717, 1.165) is 0 Å². The van der Waals surface area contributed by atoms with Crippen LogP contribution in [0.5, 0.6) is 0 Å². The smallest absolute Gasteiger partial charge is 0.323 e. The first-order valence-corrected chi connectivity index (χ1v) is 8.37. The summed E-state index contributed by atoms with van der Waals surface area (Å²) in [6.45, 7) is -0.367. The molecular weight excluding hydrogens is 350 g/mol. The second kappa shape index (κ2) is 5.97. The number of aliphatic carboxylic acids is 1. The monoisotopic (exact) mass is 364 g/mol. The van der Waals surface area contributed by atoms with E-state index in [1.165, 1.54) is 29.0 Å². The number of hydrogen-bond donors (Lipinski definition) is 3. The maximum absolute atomic E-state index is 12.3. The van der Waals surface area contributed by atoms with Crippen molar-refractivity contribution >= 4 is 39.8 Å². The Hall–Kier alpha value is -2.72. The summed E-state index contributed by atoms with van der Waals surface area (Å²) < 4.78 is 23.7. The zero-order chi connectivity index (χ0) is 18.4. The number of aromatic nitrogens is 1. The Morgan fingerprint density at radius 2 is 2.04 bits per heavy atom. The molecular formula is C15H14N3O6S-. The molecule has 1 atom stereocenters. The van der Waals surface area contributed by atoms with Crippen molar-refractivity contribution < 1.29 is 28.3 Å². The van der Waals surface area contributed by atoms with Crippen molar-refractivity contribution in [3.63, 3.8) is 0 Å². The number of nitrogens with zero attached hydrogens (tertiary/aromatic N) is 1. The number of nitrogens with two attached hydrogens (primary N) is 1. The van der Waals surface area contributed by atoms with Gasteiger partial charge in [-0.2, -0.15) is 0 Å². The van der Waals surface area contributed by atoms with Crippen LogP contribution in [0.2, 0.25) is 0 Å². The molecule has 1 saturated carbocycles. The lowest BCUT2D eigenvalue weighted by Gasteiger charge is -2.20. The van der Waals surface area contributed by atoms with Gasteiger partial charge in [-0.1, -0.05) is 0 Å². The van der Waals surface area contributed by atoms with Crippen LogP contribution in [-0.2, 0) is 22.4 Å². The van der Waals surface area contributed by atoms with Crippen LogP contribution < -0.4 is 11.1 Å². The highest BCUT2D eigenvalue weighted by molar-refractivity contribution is 7.81. The molecule has 25 heavy (non-hydrogen) atoms. The van der Waals surface area contributed by atoms with Gasteiger partial charge in [-0.3, -0.25) is 18.6 Å². The normalized spacial score (nSPS) is 16.4. The van der Waals surface area contributed by atoms with Crippen molar-refractivity contribution in [1.82, 2.24) is 9.88 Å². The number of rotatable bonds is 6. The number of hydrogen-bond acceptors (Lipinski definition) is 5. The minimum absolute atomic E-state index is 0.0828. The molecule has 0 aliphatic heterocycles. The lowest BCUT2D eigenvalue weighted by Crippen LogP contribution is -2.40. The van der Waals surface area contributed by atoms with Crippen LogP contribution in [-0.4, -0.2) is 41.1 Å². The number of amides is 2. The molecule has 1 aliphatic rings. The standard InChI is InChI=1S/C15H15N3O6S/c16-13(21)10-6-18(7-12(19)20)11-2-1-8(5-9(10)11)14(22)17-15(3-4-15)25(23)24/h1-2,5-6H,3-4,7H2,(H2,16,21)(H,17,22)(H,19,20)(H,23,24)/p-1. The van der Waals surface area contributed by atoms with Crippen LogP contribution in [0.25, 0.3) is 10.9 Å². The molecule has 3 rings (SSSR count). The Morgan fingerprint density at radius 3 is 2.56 bits per heavy atom. The van der Waals surface area contributed by atoms with Crippen molar-refractivity contribution in [3.8, 4) is 0 Å².